The van der Waals surface area contributed by atoms with Gasteiger partial charge in [-0.15, -0.1) is 0 Å². The number of hydrogen-bond donors (Lipinski definition) is 0. The lowest BCUT2D eigenvalue weighted by Crippen LogP contribution is -2.43. The molecular formula is C18H29BO4S. The van der Waals surface area contributed by atoms with E-state index in [1.807, 2.05) is 36.9 Å². The van der Waals surface area contributed by atoms with Gasteiger partial charge in [0, 0.05) is 18.0 Å². The van der Waals surface area contributed by atoms with Crippen LogP contribution in [0.15, 0.2) is 18.2 Å². The molecule has 1 aliphatic rings. The Labute approximate surface area is 150 Å². The Balaban J connectivity index is 2.22. The average Bonchev–Trinajstić information content (AvgIpc) is 3.07. The Hall–Kier alpha value is -0.845. The van der Waals surface area contributed by atoms with E-state index in [-0.39, 0.29) is 11.7 Å². The van der Waals surface area contributed by atoms with Crippen molar-refractivity contribution in [1.82, 2.24) is 0 Å². The summed E-state index contributed by atoms with van der Waals surface area (Å²) >= 11 is 1.93. The highest BCUT2D eigenvalue weighted by Crippen LogP contribution is 2.30. The maximum absolute atomic E-state index is 6.19. The predicted molar refractivity (Wildman–Crippen MR) is 102 cm³/mol. The van der Waals surface area contributed by atoms with Gasteiger partial charge in [0.1, 0.15) is 6.10 Å². The normalized spacial score (nSPS) is 17.8. The van der Waals surface area contributed by atoms with Crippen LogP contribution in [0.3, 0.4) is 0 Å². The minimum Gasteiger partial charge on any atom is -0.493 e. The van der Waals surface area contributed by atoms with E-state index in [4.69, 9.17) is 18.8 Å². The van der Waals surface area contributed by atoms with Crippen molar-refractivity contribution in [1.29, 1.82) is 0 Å². The van der Waals surface area contributed by atoms with Crippen molar-refractivity contribution in [2.45, 2.75) is 52.2 Å². The van der Waals surface area contributed by atoms with Gasteiger partial charge in [-0.2, -0.15) is 11.8 Å². The Morgan fingerprint density at radius 1 is 1.25 bits per heavy atom. The van der Waals surface area contributed by atoms with Crippen molar-refractivity contribution >= 4 is 24.3 Å². The van der Waals surface area contributed by atoms with Crippen molar-refractivity contribution in [2.24, 2.45) is 0 Å². The van der Waals surface area contributed by atoms with Gasteiger partial charge >= 0.3 is 7.12 Å². The lowest BCUT2D eigenvalue weighted by molar-refractivity contribution is 0.0706. The summed E-state index contributed by atoms with van der Waals surface area (Å²) in [6.45, 7) is 8.84. The monoisotopic (exact) mass is 352 g/mol. The zero-order valence-electron chi connectivity index (χ0n) is 15.5. The van der Waals surface area contributed by atoms with E-state index >= 15 is 0 Å². The van der Waals surface area contributed by atoms with E-state index in [1.165, 1.54) is 0 Å². The molecule has 0 spiro atoms. The molecule has 1 aromatic carbocycles. The molecule has 0 N–H and O–H groups in total. The van der Waals surface area contributed by atoms with E-state index in [0.29, 0.717) is 6.61 Å². The molecule has 1 atom stereocenters. The highest BCUT2D eigenvalue weighted by atomic mass is 32.2. The molecule has 1 fully saturated rings. The van der Waals surface area contributed by atoms with Crippen LogP contribution in [0.25, 0.3) is 0 Å². The predicted octanol–water partition coefficient (Wildman–Crippen LogP) is 3.52. The van der Waals surface area contributed by atoms with Crippen LogP contribution in [-0.4, -0.2) is 44.0 Å². The Kier molecular flexibility index (Phi) is 7.32. The van der Waals surface area contributed by atoms with Crippen molar-refractivity contribution in [3.05, 3.63) is 18.2 Å². The van der Waals surface area contributed by atoms with Crippen LogP contribution in [0.1, 0.15) is 40.5 Å². The van der Waals surface area contributed by atoms with Crippen molar-refractivity contribution < 1.29 is 18.8 Å². The van der Waals surface area contributed by atoms with Crippen molar-refractivity contribution in [3.63, 3.8) is 0 Å². The minimum atomic E-state index is -0.406. The van der Waals surface area contributed by atoms with Gasteiger partial charge < -0.3 is 18.8 Å². The molecule has 1 unspecified atom stereocenters. The third-order valence-corrected chi connectivity index (χ3v) is 5.37. The SMILES string of the molecule is CCOB(OC(C)(C)CC)c1ccc(OC)c(OC2CCSC2)c1. The summed E-state index contributed by atoms with van der Waals surface area (Å²) in [5, 5.41) is 0. The van der Waals surface area contributed by atoms with Gasteiger partial charge in [-0.25, -0.2) is 0 Å². The molecule has 6 heteroatoms. The largest absolute Gasteiger partial charge is 0.494 e. The lowest BCUT2D eigenvalue weighted by atomic mass is 9.77. The molecule has 2 rings (SSSR count). The fraction of sp³-hybridized carbons (Fsp3) is 0.667. The smallest absolute Gasteiger partial charge is 0.493 e. The molecule has 1 aliphatic heterocycles. The average molecular weight is 352 g/mol. The molecule has 0 aliphatic carbocycles. The Morgan fingerprint density at radius 3 is 2.62 bits per heavy atom. The molecule has 1 aromatic rings. The fourth-order valence-electron chi connectivity index (χ4n) is 2.44. The van der Waals surface area contributed by atoms with Crippen LogP contribution in [0.5, 0.6) is 11.5 Å². The molecule has 4 nitrogen and oxygen atoms in total. The van der Waals surface area contributed by atoms with Crippen molar-refractivity contribution in [3.8, 4) is 11.5 Å². The first-order valence-electron chi connectivity index (χ1n) is 8.70. The van der Waals surface area contributed by atoms with E-state index in [9.17, 15) is 0 Å². The number of methoxy groups -OCH3 is 1. The molecule has 0 aromatic heterocycles. The molecule has 24 heavy (non-hydrogen) atoms. The molecule has 0 bridgehead atoms. The highest BCUT2D eigenvalue weighted by molar-refractivity contribution is 7.99. The van der Waals surface area contributed by atoms with Crippen LogP contribution in [0, 0.1) is 0 Å². The summed E-state index contributed by atoms with van der Waals surface area (Å²) in [6.07, 6.45) is 2.24. The summed E-state index contributed by atoms with van der Waals surface area (Å²) in [6, 6.07) is 5.91. The van der Waals surface area contributed by atoms with Crippen LogP contribution >= 0.6 is 11.8 Å². The number of rotatable bonds is 9. The highest BCUT2D eigenvalue weighted by Gasteiger charge is 2.30. The molecule has 1 saturated heterocycles. The fourth-order valence-corrected chi connectivity index (χ4v) is 3.53. The minimum absolute atomic E-state index is 0.247. The summed E-state index contributed by atoms with van der Waals surface area (Å²) < 4.78 is 23.7. The maximum atomic E-state index is 6.19. The van der Waals surface area contributed by atoms with Gasteiger partial charge in [-0.1, -0.05) is 13.0 Å². The summed E-state index contributed by atoms with van der Waals surface area (Å²) in [5.41, 5.74) is 0.711. The van der Waals surface area contributed by atoms with Gasteiger partial charge in [0.2, 0.25) is 0 Å². The second-order valence-corrected chi connectivity index (χ2v) is 7.68. The first-order valence-corrected chi connectivity index (χ1v) is 9.86. The van der Waals surface area contributed by atoms with Crippen LogP contribution in [-0.2, 0) is 9.31 Å². The summed E-state index contributed by atoms with van der Waals surface area (Å²) in [7, 11) is 1.26. The van der Waals surface area contributed by atoms with Gasteiger partial charge in [0.05, 0.1) is 7.11 Å². The van der Waals surface area contributed by atoms with Crippen LogP contribution < -0.4 is 14.9 Å². The number of ether oxygens (including phenoxy) is 2. The van der Waals surface area contributed by atoms with Gasteiger partial charge in [-0.3, -0.25) is 0 Å². The molecular weight excluding hydrogens is 323 g/mol. The van der Waals surface area contributed by atoms with E-state index in [0.717, 1.165) is 41.3 Å². The molecule has 0 radical (unpaired) electrons. The van der Waals surface area contributed by atoms with Crippen LogP contribution in [0.2, 0.25) is 0 Å². The number of benzene rings is 1. The van der Waals surface area contributed by atoms with Gasteiger partial charge in [0.15, 0.2) is 11.5 Å². The third kappa shape index (κ3) is 5.33. The van der Waals surface area contributed by atoms with Gasteiger partial charge in [0.25, 0.3) is 0 Å². The Bertz CT molecular complexity index is 518. The van der Waals surface area contributed by atoms with Crippen LogP contribution in [0.4, 0.5) is 0 Å². The molecule has 0 amide bonds. The topological polar surface area (TPSA) is 36.9 Å². The Morgan fingerprint density at radius 2 is 2.04 bits per heavy atom. The summed E-state index contributed by atoms with van der Waals surface area (Å²) in [4.78, 5) is 0. The first kappa shape index (κ1) is 19.5. The second kappa shape index (κ2) is 9.02. The maximum Gasteiger partial charge on any atom is 0.494 e. The molecule has 134 valence electrons. The van der Waals surface area contributed by atoms with E-state index in [1.54, 1.807) is 7.11 Å². The number of thioether (sulfide) groups is 1. The van der Waals surface area contributed by atoms with Crippen molar-refractivity contribution in [2.75, 3.05) is 25.2 Å². The van der Waals surface area contributed by atoms with E-state index in [2.05, 4.69) is 20.8 Å². The summed E-state index contributed by atoms with van der Waals surface area (Å²) in [5.74, 6) is 3.70. The lowest BCUT2D eigenvalue weighted by Gasteiger charge is -2.28. The molecule has 0 saturated carbocycles. The zero-order valence-corrected chi connectivity index (χ0v) is 16.3. The second-order valence-electron chi connectivity index (χ2n) is 6.53. The standard InChI is InChI=1S/C18H29BO4S/c1-6-18(3,4)23-19(21-7-2)14-8-9-16(20-5)17(12-14)22-15-10-11-24-13-15/h8-9,12,15H,6-7,10-11,13H2,1-5H3. The zero-order chi connectivity index (χ0) is 17.6. The first-order chi connectivity index (χ1) is 11.5. The van der Waals surface area contributed by atoms with Gasteiger partial charge in [-0.05, 0) is 57.0 Å². The number of hydrogen-bond acceptors (Lipinski definition) is 5. The molecule has 1 heterocycles. The third-order valence-electron chi connectivity index (χ3n) is 4.24. The quantitative estimate of drug-likeness (QED) is 0.636. The van der Waals surface area contributed by atoms with E-state index < -0.39 is 7.12 Å².